The van der Waals surface area contributed by atoms with E-state index in [4.69, 9.17) is 0 Å². The first-order valence-electron chi connectivity index (χ1n) is 9.38. The number of carbonyl (C=O) groups excluding carboxylic acids is 2. The number of nitrogens with one attached hydrogen (secondary N) is 3. The van der Waals surface area contributed by atoms with E-state index in [0.717, 1.165) is 22.2 Å². The van der Waals surface area contributed by atoms with Gasteiger partial charge >= 0.3 is 0 Å². The maximum absolute atomic E-state index is 13.1. The van der Waals surface area contributed by atoms with Crippen molar-refractivity contribution < 1.29 is 14.0 Å². The Bertz CT molecular complexity index is 1210. The molecule has 0 unspecified atom stereocenters. The van der Waals surface area contributed by atoms with Crippen molar-refractivity contribution in [1.82, 2.24) is 15.3 Å². The van der Waals surface area contributed by atoms with Crippen LogP contribution >= 0.6 is 0 Å². The fraction of sp³-hybridized carbons (Fsp3) is 0.0870. The Hall–Kier alpha value is -4.00. The average Bonchev–Trinajstić information content (AvgIpc) is 3.16. The predicted molar refractivity (Wildman–Crippen MR) is 114 cm³/mol. The number of amides is 2. The van der Waals surface area contributed by atoms with Gasteiger partial charge in [-0.3, -0.25) is 9.59 Å². The lowest BCUT2D eigenvalue weighted by Crippen LogP contribution is -2.32. The predicted octanol–water partition coefficient (Wildman–Crippen LogP) is 4.05. The average molecular weight is 402 g/mol. The zero-order chi connectivity index (χ0) is 21.1. The van der Waals surface area contributed by atoms with Gasteiger partial charge in [0.15, 0.2) is 0 Å². The first-order valence-corrected chi connectivity index (χ1v) is 9.38. The number of carbonyl (C=O) groups is 2. The number of rotatable bonds is 5. The third-order valence-electron chi connectivity index (χ3n) is 4.61. The van der Waals surface area contributed by atoms with Gasteiger partial charge in [0.05, 0.1) is 17.6 Å². The maximum Gasteiger partial charge on any atom is 0.251 e. The van der Waals surface area contributed by atoms with Crippen molar-refractivity contribution in [3.63, 3.8) is 0 Å². The molecule has 3 aromatic carbocycles. The maximum atomic E-state index is 13.1. The lowest BCUT2D eigenvalue weighted by atomic mass is 10.1. The smallest absolute Gasteiger partial charge is 0.251 e. The van der Waals surface area contributed by atoms with Gasteiger partial charge in [-0.15, -0.1) is 0 Å². The van der Waals surface area contributed by atoms with E-state index in [2.05, 4.69) is 20.6 Å². The Labute approximate surface area is 172 Å². The van der Waals surface area contributed by atoms with Crippen LogP contribution in [0.1, 0.15) is 15.9 Å². The fourth-order valence-corrected chi connectivity index (χ4v) is 3.00. The van der Waals surface area contributed by atoms with Gasteiger partial charge in [-0.05, 0) is 61.5 Å². The van der Waals surface area contributed by atoms with E-state index in [0.29, 0.717) is 17.1 Å². The monoisotopic (exact) mass is 402 g/mol. The van der Waals surface area contributed by atoms with Crippen LogP contribution in [-0.2, 0) is 4.79 Å². The summed E-state index contributed by atoms with van der Waals surface area (Å²) in [6, 6.07) is 18.4. The van der Waals surface area contributed by atoms with Gasteiger partial charge < -0.3 is 15.6 Å². The van der Waals surface area contributed by atoms with Crippen molar-refractivity contribution in [2.24, 2.45) is 0 Å². The summed E-state index contributed by atoms with van der Waals surface area (Å²) in [7, 11) is 0. The van der Waals surface area contributed by atoms with Crippen LogP contribution in [0.5, 0.6) is 0 Å². The summed E-state index contributed by atoms with van der Waals surface area (Å²) in [4.78, 5) is 32.0. The van der Waals surface area contributed by atoms with Crippen LogP contribution in [0.4, 0.5) is 10.1 Å². The molecule has 30 heavy (non-hydrogen) atoms. The molecule has 0 radical (unpaired) electrons. The Balaban J connectivity index is 1.40. The van der Waals surface area contributed by atoms with E-state index in [1.807, 2.05) is 19.1 Å². The highest BCUT2D eigenvalue weighted by atomic mass is 19.1. The molecule has 2 amide bonds. The molecule has 7 heteroatoms. The number of aromatic amines is 1. The van der Waals surface area contributed by atoms with Crippen LogP contribution in [0.3, 0.4) is 0 Å². The van der Waals surface area contributed by atoms with E-state index in [9.17, 15) is 14.0 Å². The molecule has 3 N–H and O–H groups in total. The van der Waals surface area contributed by atoms with Crippen LogP contribution in [0.15, 0.2) is 66.7 Å². The topological polar surface area (TPSA) is 86.9 Å². The Morgan fingerprint density at radius 1 is 1.00 bits per heavy atom. The van der Waals surface area contributed by atoms with Gasteiger partial charge in [-0.25, -0.2) is 9.37 Å². The van der Waals surface area contributed by atoms with Crippen LogP contribution in [0.2, 0.25) is 0 Å². The van der Waals surface area contributed by atoms with E-state index in [-0.39, 0.29) is 24.2 Å². The van der Waals surface area contributed by atoms with E-state index in [1.54, 1.807) is 42.5 Å². The number of hydrogen-bond donors (Lipinski definition) is 3. The molecule has 0 aliphatic rings. The molecule has 0 atom stereocenters. The number of hydrogen-bond acceptors (Lipinski definition) is 3. The van der Waals surface area contributed by atoms with Crippen molar-refractivity contribution in [3.05, 3.63) is 83.7 Å². The molecule has 0 fully saturated rings. The second-order valence-electron chi connectivity index (χ2n) is 6.92. The van der Waals surface area contributed by atoms with Crippen molar-refractivity contribution in [2.75, 3.05) is 11.9 Å². The first kappa shape index (κ1) is 19.3. The minimum absolute atomic E-state index is 0.144. The van der Waals surface area contributed by atoms with Crippen molar-refractivity contribution in [2.45, 2.75) is 6.92 Å². The number of H-pyrrole nitrogens is 1. The Kier molecular flexibility index (Phi) is 5.26. The molecule has 1 heterocycles. The zero-order valence-corrected chi connectivity index (χ0v) is 16.2. The largest absolute Gasteiger partial charge is 0.343 e. The number of fused-ring (bicyclic) bond motifs is 1. The van der Waals surface area contributed by atoms with Gasteiger partial charge in [0.1, 0.15) is 11.6 Å². The molecular formula is C23H19FN4O2. The lowest BCUT2D eigenvalue weighted by molar-refractivity contribution is -0.115. The molecule has 0 bridgehead atoms. The highest BCUT2D eigenvalue weighted by Gasteiger charge is 2.10. The summed E-state index contributed by atoms with van der Waals surface area (Å²) in [6.07, 6.45) is 0. The lowest BCUT2D eigenvalue weighted by Gasteiger charge is -2.07. The van der Waals surface area contributed by atoms with Crippen molar-refractivity contribution >= 4 is 28.5 Å². The van der Waals surface area contributed by atoms with Crippen molar-refractivity contribution in [1.29, 1.82) is 0 Å². The third-order valence-corrected chi connectivity index (χ3v) is 4.61. The highest BCUT2D eigenvalue weighted by molar-refractivity contribution is 6.00. The van der Waals surface area contributed by atoms with Crippen LogP contribution in [0, 0.1) is 12.7 Å². The van der Waals surface area contributed by atoms with E-state index < -0.39 is 0 Å². The Morgan fingerprint density at radius 2 is 1.73 bits per heavy atom. The van der Waals surface area contributed by atoms with Gasteiger partial charge in [-0.1, -0.05) is 17.7 Å². The van der Waals surface area contributed by atoms with Crippen LogP contribution < -0.4 is 10.6 Å². The van der Waals surface area contributed by atoms with Crippen molar-refractivity contribution in [3.8, 4) is 11.4 Å². The summed E-state index contributed by atoms with van der Waals surface area (Å²) in [5.74, 6) is -0.348. The number of aromatic nitrogens is 2. The summed E-state index contributed by atoms with van der Waals surface area (Å²) in [5, 5.41) is 5.36. The number of halogens is 1. The number of aryl methyl sites for hydroxylation is 1. The molecule has 0 aliphatic heterocycles. The first-order chi connectivity index (χ1) is 14.5. The summed E-state index contributed by atoms with van der Waals surface area (Å²) < 4.78 is 13.1. The number of anilines is 1. The molecule has 0 saturated heterocycles. The second kappa shape index (κ2) is 8.16. The van der Waals surface area contributed by atoms with Gasteiger partial charge in [0, 0.05) is 16.8 Å². The Morgan fingerprint density at radius 3 is 2.47 bits per heavy atom. The molecular weight excluding hydrogens is 383 g/mol. The molecule has 4 rings (SSSR count). The standard InChI is InChI=1S/C23H19FN4O2/c1-14-2-4-16(5-3-14)23(30)25-13-21(29)26-18-10-11-19-20(12-18)28-22(27-19)15-6-8-17(24)9-7-15/h2-12H,13H2,1H3,(H,25,30)(H,26,29)(H,27,28). The highest BCUT2D eigenvalue weighted by Crippen LogP contribution is 2.23. The number of nitrogens with zero attached hydrogens (tertiary/aromatic N) is 1. The van der Waals surface area contributed by atoms with Gasteiger partial charge in [0.2, 0.25) is 5.91 Å². The molecule has 0 spiro atoms. The minimum Gasteiger partial charge on any atom is -0.343 e. The second-order valence-corrected chi connectivity index (χ2v) is 6.92. The summed E-state index contributed by atoms with van der Waals surface area (Å²) in [6.45, 7) is 1.79. The normalized spacial score (nSPS) is 10.7. The molecule has 150 valence electrons. The van der Waals surface area contributed by atoms with Gasteiger partial charge in [-0.2, -0.15) is 0 Å². The van der Waals surface area contributed by atoms with Crippen LogP contribution in [0.25, 0.3) is 22.4 Å². The molecule has 0 saturated carbocycles. The van der Waals surface area contributed by atoms with Gasteiger partial charge in [0.25, 0.3) is 5.91 Å². The zero-order valence-electron chi connectivity index (χ0n) is 16.2. The fourth-order valence-electron chi connectivity index (χ4n) is 3.00. The third kappa shape index (κ3) is 4.35. The van der Waals surface area contributed by atoms with E-state index in [1.165, 1.54) is 12.1 Å². The van der Waals surface area contributed by atoms with Crippen LogP contribution in [-0.4, -0.2) is 28.3 Å². The number of imidazole rings is 1. The number of benzene rings is 3. The summed E-state index contributed by atoms with van der Waals surface area (Å²) >= 11 is 0. The minimum atomic E-state index is -0.340. The molecule has 0 aliphatic carbocycles. The molecule has 1 aromatic heterocycles. The molecule has 4 aromatic rings. The summed E-state index contributed by atoms with van der Waals surface area (Å²) in [5.41, 5.74) is 4.35. The SMILES string of the molecule is Cc1ccc(C(=O)NCC(=O)Nc2ccc3nc(-c4ccc(F)cc4)[nH]c3c2)cc1. The quantitative estimate of drug-likeness (QED) is 0.471. The van der Waals surface area contributed by atoms with E-state index >= 15 is 0 Å². The molecule has 6 nitrogen and oxygen atoms in total.